The van der Waals surface area contributed by atoms with Gasteiger partial charge in [-0.3, -0.25) is 9.88 Å². The van der Waals surface area contributed by atoms with Crippen LogP contribution in [0.15, 0.2) is 60.9 Å². The van der Waals surface area contributed by atoms with Gasteiger partial charge in [-0.2, -0.15) is 0 Å². The zero-order valence-electron chi connectivity index (χ0n) is 13.9. The summed E-state index contributed by atoms with van der Waals surface area (Å²) >= 11 is 5.96. The molecule has 1 aromatic heterocycles. The lowest BCUT2D eigenvalue weighted by Crippen LogP contribution is -2.25. The average molecular weight is 390 g/mol. The molecule has 2 aromatic carbocycles. The molecule has 1 aliphatic heterocycles. The van der Waals surface area contributed by atoms with Crippen LogP contribution in [0.2, 0.25) is 5.02 Å². The Hall–Kier alpha value is -1.81. The predicted octanol–water partition coefficient (Wildman–Crippen LogP) is 5.63. The smallest absolute Gasteiger partial charge is 0.0406 e. The third kappa shape index (κ3) is 4.88. The molecule has 0 bridgehead atoms. The van der Waals surface area contributed by atoms with Crippen LogP contribution >= 0.6 is 24.0 Å². The van der Waals surface area contributed by atoms with Crippen LogP contribution in [0, 0.1) is 0 Å². The second kappa shape index (κ2) is 9.22. The molecule has 1 N–H and O–H groups in total. The first-order chi connectivity index (χ1) is 11.8. The van der Waals surface area contributed by atoms with E-state index in [4.69, 9.17) is 11.6 Å². The summed E-state index contributed by atoms with van der Waals surface area (Å²) in [6, 6.07) is 17.2. The van der Waals surface area contributed by atoms with E-state index in [2.05, 4.69) is 51.6 Å². The molecule has 1 atom stereocenters. The van der Waals surface area contributed by atoms with Crippen LogP contribution in [0.25, 0.3) is 10.8 Å². The zero-order valence-corrected chi connectivity index (χ0v) is 15.4. The van der Waals surface area contributed by atoms with Crippen molar-refractivity contribution in [2.75, 3.05) is 18.4 Å². The number of nitrogens with zero attached hydrogens (tertiary/aromatic N) is 2. The number of halogens is 2. The molecule has 0 amide bonds. The number of anilines is 1. The van der Waals surface area contributed by atoms with Crippen LogP contribution in [0.3, 0.4) is 0 Å². The minimum atomic E-state index is 0. The SMILES string of the molecule is C.Cl.Clc1ccc(CN2CC[C@@H](Nc3ccc4cnccc4c3)C2)cc1. The van der Waals surface area contributed by atoms with E-state index in [-0.39, 0.29) is 19.8 Å². The summed E-state index contributed by atoms with van der Waals surface area (Å²) in [6.07, 6.45) is 4.92. The minimum absolute atomic E-state index is 0. The molecule has 3 aromatic rings. The number of nitrogens with one attached hydrogen (secondary N) is 1. The van der Waals surface area contributed by atoms with Crippen molar-refractivity contribution in [2.24, 2.45) is 0 Å². The molecule has 0 spiro atoms. The van der Waals surface area contributed by atoms with Gasteiger partial charge in [0.25, 0.3) is 0 Å². The number of benzene rings is 2. The summed E-state index contributed by atoms with van der Waals surface area (Å²) in [5, 5.41) is 6.88. The Morgan fingerprint density at radius 3 is 2.69 bits per heavy atom. The summed E-state index contributed by atoms with van der Waals surface area (Å²) in [7, 11) is 0. The van der Waals surface area contributed by atoms with Crippen LogP contribution in [0.5, 0.6) is 0 Å². The van der Waals surface area contributed by atoms with E-state index in [0.717, 1.165) is 24.7 Å². The first kappa shape index (κ1) is 20.5. The minimum Gasteiger partial charge on any atom is -0.381 e. The Bertz CT molecular complexity index is 836. The molecular formula is C21H25Cl2N3. The van der Waals surface area contributed by atoms with Gasteiger partial charge in [-0.1, -0.05) is 37.2 Å². The molecule has 5 heteroatoms. The van der Waals surface area contributed by atoms with Crippen molar-refractivity contribution in [1.82, 2.24) is 9.88 Å². The van der Waals surface area contributed by atoms with Gasteiger partial charge in [0, 0.05) is 54.2 Å². The third-order valence-corrected chi connectivity index (χ3v) is 4.86. The maximum Gasteiger partial charge on any atom is 0.0406 e. The van der Waals surface area contributed by atoms with Crippen LogP contribution < -0.4 is 5.32 Å². The second-order valence-electron chi connectivity index (χ2n) is 6.43. The van der Waals surface area contributed by atoms with E-state index in [1.807, 2.05) is 24.5 Å². The Morgan fingerprint density at radius 2 is 1.88 bits per heavy atom. The van der Waals surface area contributed by atoms with Crippen LogP contribution in [-0.2, 0) is 6.54 Å². The molecule has 3 nitrogen and oxygen atoms in total. The van der Waals surface area contributed by atoms with Crippen LogP contribution in [0.4, 0.5) is 5.69 Å². The summed E-state index contributed by atoms with van der Waals surface area (Å²) in [6.45, 7) is 3.17. The normalized spacial score (nSPS) is 16.7. The number of hydrogen-bond acceptors (Lipinski definition) is 3. The fourth-order valence-electron chi connectivity index (χ4n) is 3.35. The molecule has 1 aliphatic rings. The number of aromatic nitrogens is 1. The number of rotatable bonds is 4. The van der Waals surface area contributed by atoms with E-state index in [1.165, 1.54) is 28.4 Å². The highest BCUT2D eigenvalue weighted by Crippen LogP contribution is 2.22. The first-order valence-corrected chi connectivity index (χ1v) is 8.71. The predicted molar refractivity (Wildman–Crippen MR) is 114 cm³/mol. The number of likely N-dealkylation sites (tertiary alicyclic amines) is 1. The molecule has 0 unspecified atom stereocenters. The number of fused-ring (bicyclic) bond motifs is 1. The molecule has 0 radical (unpaired) electrons. The zero-order chi connectivity index (χ0) is 16.4. The number of pyridine rings is 1. The van der Waals surface area contributed by atoms with Gasteiger partial charge >= 0.3 is 0 Å². The van der Waals surface area contributed by atoms with Gasteiger partial charge in [-0.25, -0.2) is 0 Å². The molecule has 0 aliphatic carbocycles. The largest absolute Gasteiger partial charge is 0.381 e. The average Bonchev–Trinajstić information content (AvgIpc) is 3.04. The van der Waals surface area contributed by atoms with E-state index in [0.29, 0.717) is 6.04 Å². The third-order valence-electron chi connectivity index (χ3n) is 4.60. The molecule has 2 heterocycles. The van der Waals surface area contributed by atoms with Gasteiger partial charge in [-0.05, 0) is 47.7 Å². The van der Waals surface area contributed by atoms with Gasteiger partial charge in [0.15, 0.2) is 0 Å². The van der Waals surface area contributed by atoms with Gasteiger partial charge in [0.05, 0.1) is 0 Å². The van der Waals surface area contributed by atoms with E-state index >= 15 is 0 Å². The van der Waals surface area contributed by atoms with Gasteiger partial charge in [-0.15, -0.1) is 12.4 Å². The summed E-state index contributed by atoms with van der Waals surface area (Å²) in [4.78, 5) is 6.66. The van der Waals surface area contributed by atoms with Gasteiger partial charge < -0.3 is 5.32 Å². The van der Waals surface area contributed by atoms with Crippen molar-refractivity contribution in [1.29, 1.82) is 0 Å². The Morgan fingerprint density at radius 1 is 1.08 bits per heavy atom. The Kier molecular flexibility index (Phi) is 7.27. The maximum atomic E-state index is 5.96. The molecule has 0 saturated carbocycles. The standard InChI is InChI=1S/C20H20ClN3.CH4.ClH/c21-18-4-1-15(2-5-18)13-24-10-8-20(14-24)23-19-6-3-17-12-22-9-7-16(17)11-19;;/h1-7,9,11-12,20,23H,8,10,13-14H2;1H4;1H/t20-;;/m1../s1. The van der Waals surface area contributed by atoms with E-state index < -0.39 is 0 Å². The van der Waals surface area contributed by atoms with Crippen molar-refractivity contribution < 1.29 is 0 Å². The quantitative estimate of drug-likeness (QED) is 0.626. The van der Waals surface area contributed by atoms with Crippen molar-refractivity contribution in [2.45, 2.75) is 26.4 Å². The fraction of sp³-hybridized carbons (Fsp3) is 0.286. The topological polar surface area (TPSA) is 28.2 Å². The van der Waals surface area contributed by atoms with Crippen LogP contribution in [-0.4, -0.2) is 29.0 Å². The van der Waals surface area contributed by atoms with Crippen molar-refractivity contribution >= 4 is 40.5 Å². The fourth-order valence-corrected chi connectivity index (χ4v) is 3.48. The Labute approximate surface area is 166 Å². The lowest BCUT2D eigenvalue weighted by molar-refractivity contribution is 0.328. The highest BCUT2D eigenvalue weighted by molar-refractivity contribution is 6.30. The van der Waals surface area contributed by atoms with E-state index in [1.54, 1.807) is 0 Å². The highest BCUT2D eigenvalue weighted by Gasteiger charge is 2.22. The molecular weight excluding hydrogens is 365 g/mol. The second-order valence-corrected chi connectivity index (χ2v) is 6.87. The highest BCUT2D eigenvalue weighted by atomic mass is 35.5. The lowest BCUT2D eigenvalue weighted by Gasteiger charge is -2.18. The molecule has 26 heavy (non-hydrogen) atoms. The monoisotopic (exact) mass is 389 g/mol. The molecule has 4 rings (SSSR count). The summed E-state index contributed by atoms with van der Waals surface area (Å²) in [5.74, 6) is 0. The van der Waals surface area contributed by atoms with Crippen LogP contribution in [0.1, 0.15) is 19.4 Å². The van der Waals surface area contributed by atoms with Gasteiger partial charge in [0.2, 0.25) is 0 Å². The summed E-state index contributed by atoms with van der Waals surface area (Å²) in [5.41, 5.74) is 2.50. The molecule has 1 fully saturated rings. The maximum absolute atomic E-state index is 5.96. The lowest BCUT2D eigenvalue weighted by atomic mass is 10.1. The van der Waals surface area contributed by atoms with Crippen molar-refractivity contribution in [3.8, 4) is 0 Å². The van der Waals surface area contributed by atoms with E-state index in [9.17, 15) is 0 Å². The first-order valence-electron chi connectivity index (χ1n) is 8.33. The Balaban J connectivity index is 0.00000121. The molecule has 1 saturated heterocycles. The number of hydrogen-bond donors (Lipinski definition) is 1. The summed E-state index contributed by atoms with van der Waals surface area (Å²) < 4.78 is 0. The van der Waals surface area contributed by atoms with Gasteiger partial charge in [0.1, 0.15) is 0 Å². The molecule has 138 valence electrons. The van der Waals surface area contributed by atoms with Crippen molar-refractivity contribution in [3.63, 3.8) is 0 Å². The van der Waals surface area contributed by atoms with Crippen molar-refractivity contribution in [3.05, 3.63) is 71.5 Å².